The maximum absolute atomic E-state index is 13.3. The maximum Gasteiger partial charge on any atom is 0.257 e. The first-order chi connectivity index (χ1) is 13.0. The van der Waals surface area contributed by atoms with Crippen LogP contribution < -0.4 is 4.74 Å². The number of ether oxygens (including phenoxy) is 1. The van der Waals surface area contributed by atoms with Crippen LogP contribution in [-0.4, -0.2) is 52.9 Å². The summed E-state index contributed by atoms with van der Waals surface area (Å²) in [5.41, 5.74) is 0.558. The van der Waals surface area contributed by atoms with E-state index in [1.807, 2.05) is 43.0 Å². The Bertz CT molecular complexity index is 682. The first-order valence-corrected chi connectivity index (χ1v) is 10.3. The molecular weight excluding hydrogens is 340 g/mol. The van der Waals surface area contributed by atoms with Gasteiger partial charge in [0.1, 0.15) is 5.75 Å². The molecule has 5 heteroatoms. The van der Waals surface area contributed by atoms with E-state index >= 15 is 0 Å². The van der Waals surface area contributed by atoms with E-state index in [-0.39, 0.29) is 23.4 Å². The zero-order chi connectivity index (χ0) is 19.4. The summed E-state index contributed by atoms with van der Waals surface area (Å²) in [5, 5.41) is 0. The minimum Gasteiger partial charge on any atom is -0.493 e. The smallest absolute Gasteiger partial charge is 0.257 e. The molecule has 2 amide bonds. The van der Waals surface area contributed by atoms with Crippen LogP contribution in [0.2, 0.25) is 0 Å². The zero-order valence-electron chi connectivity index (χ0n) is 16.9. The molecule has 0 N–H and O–H groups in total. The molecule has 5 nitrogen and oxygen atoms in total. The molecule has 1 unspecified atom stereocenters. The number of carbonyl (C=O) groups excluding carboxylic acids is 2. The number of hydrogen-bond donors (Lipinski definition) is 0. The van der Waals surface area contributed by atoms with Gasteiger partial charge in [-0.05, 0) is 45.2 Å². The van der Waals surface area contributed by atoms with Crippen LogP contribution in [0, 0.1) is 0 Å². The summed E-state index contributed by atoms with van der Waals surface area (Å²) in [5.74, 6) is 0.776. The summed E-state index contributed by atoms with van der Waals surface area (Å²) in [6, 6.07) is 7.53. The van der Waals surface area contributed by atoms with Crippen molar-refractivity contribution in [2.75, 3.05) is 19.7 Å². The summed E-state index contributed by atoms with van der Waals surface area (Å²) < 4.78 is 5.67. The van der Waals surface area contributed by atoms with Gasteiger partial charge < -0.3 is 14.5 Å². The molecule has 1 aliphatic carbocycles. The van der Waals surface area contributed by atoms with Gasteiger partial charge in [0.05, 0.1) is 18.2 Å². The second-order valence-electron chi connectivity index (χ2n) is 7.79. The Labute approximate surface area is 162 Å². The molecule has 27 heavy (non-hydrogen) atoms. The van der Waals surface area contributed by atoms with E-state index in [0.717, 1.165) is 19.3 Å². The number of hydrogen-bond acceptors (Lipinski definition) is 3. The second-order valence-corrected chi connectivity index (χ2v) is 7.79. The third-order valence-electron chi connectivity index (χ3n) is 6.21. The number of amides is 2. The highest BCUT2D eigenvalue weighted by molar-refractivity contribution is 5.97. The summed E-state index contributed by atoms with van der Waals surface area (Å²) in [7, 11) is 0. The van der Waals surface area contributed by atoms with E-state index in [1.54, 1.807) is 6.92 Å². The molecule has 0 aromatic heterocycles. The molecule has 1 atom stereocenters. The third kappa shape index (κ3) is 3.83. The van der Waals surface area contributed by atoms with Gasteiger partial charge in [-0.3, -0.25) is 9.59 Å². The van der Waals surface area contributed by atoms with E-state index in [0.29, 0.717) is 31.0 Å². The number of para-hydroxylation sites is 1. The zero-order valence-corrected chi connectivity index (χ0v) is 16.9. The molecule has 1 spiro atoms. The lowest BCUT2D eigenvalue weighted by Crippen LogP contribution is -2.47. The minimum absolute atomic E-state index is 0.00270. The Hall–Kier alpha value is -2.04. The fraction of sp³-hybridized carbons (Fsp3) is 0.636. The Kier molecular flexibility index (Phi) is 6.08. The van der Waals surface area contributed by atoms with E-state index in [1.165, 1.54) is 19.3 Å². The van der Waals surface area contributed by atoms with Gasteiger partial charge in [0.2, 0.25) is 5.91 Å². The number of nitrogens with zero attached hydrogens (tertiary/aromatic N) is 2. The Morgan fingerprint density at radius 2 is 1.89 bits per heavy atom. The molecule has 1 saturated heterocycles. The molecule has 1 heterocycles. The van der Waals surface area contributed by atoms with Crippen LogP contribution >= 0.6 is 0 Å². The molecule has 1 aromatic carbocycles. The Morgan fingerprint density at radius 3 is 2.52 bits per heavy atom. The Morgan fingerprint density at radius 1 is 1.19 bits per heavy atom. The SMILES string of the molecule is CCOc1ccccc1C(=O)N(CC)C1CN(C(C)=O)C2(CCCCC2)C1. The lowest BCUT2D eigenvalue weighted by atomic mass is 9.79. The third-order valence-corrected chi connectivity index (χ3v) is 6.21. The van der Waals surface area contributed by atoms with Crippen LogP contribution in [-0.2, 0) is 4.79 Å². The fourth-order valence-corrected chi connectivity index (χ4v) is 5.02. The molecule has 3 rings (SSSR count). The number of rotatable bonds is 5. The predicted molar refractivity (Wildman–Crippen MR) is 106 cm³/mol. The summed E-state index contributed by atoms with van der Waals surface area (Å²) in [6.45, 7) is 7.42. The molecule has 0 radical (unpaired) electrons. The molecule has 1 aliphatic heterocycles. The molecular formula is C22H32N2O3. The van der Waals surface area contributed by atoms with E-state index in [9.17, 15) is 9.59 Å². The largest absolute Gasteiger partial charge is 0.493 e. The van der Waals surface area contributed by atoms with Crippen molar-refractivity contribution in [1.82, 2.24) is 9.80 Å². The van der Waals surface area contributed by atoms with E-state index in [2.05, 4.69) is 4.90 Å². The fourth-order valence-electron chi connectivity index (χ4n) is 5.02. The van der Waals surface area contributed by atoms with Gasteiger partial charge >= 0.3 is 0 Å². The number of carbonyl (C=O) groups is 2. The van der Waals surface area contributed by atoms with Crippen molar-refractivity contribution in [2.45, 2.75) is 70.9 Å². The van der Waals surface area contributed by atoms with Gasteiger partial charge in [0, 0.05) is 25.6 Å². The van der Waals surface area contributed by atoms with Crippen LogP contribution in [0.5, 0.6) is 5.75 Å². The van der Waals surface area contributed by atoms with Gasteiger partial charge in [-0.1, -0.05) is 31.4 Å². The van der Waals surface area contributed by atoms with Crippen molar-refractivity contribution >= 4 is 11.8 Å². The van der Waals surface area contributed by atoms with Crippen LogP contribution in [0.3, 0.4) is 0 Å². The van der Waals surface area contributed by atoms with Crippen molar-refractivity contribution in [3.8, 4) is 5.75 Å². The number of benzene rings is 1. The van der Waals surface area contributed by atoms with Crippen LogP contribution in [0.15, 0.2) is 24.3 Å². The number of likely N-dealkylation sites (tertiary alicyclic amines) is 1. The maximum atomic E-state index is 13.3. The normalized spacial score (nSPS) is 21.3. The van der Waals surface area contributed by atoms with Crippen LogP contribution in [0.25, 0.3) is 0 Å². The lowest BCUT2D eigenvalue weighted by Gasteiger charge is -2.41. The van der Waals surface area contributed by atoms with E-state index in [4.69, 9.17) is 4.74 Å². The predicted octanol–water partition coefficient (Wildman–Crippen LogP) is 3.87. The first kappa shape index (κ1) is 19.7. The van der Waals surface area contributed by atoms with Crippen molar-refractivity contribution in [2.24, 2.45) is 0 Å². The molecule has 2 aliphatic rings. The lowest BCUT2D eigenvalue weighted by molar-refractivity contribution is -0.134. The quantitative estimate of drug-likeness (QED) is 0.788. The summed E-state index contributed by atoms with van der Waals surface area (Å²) >= 11 is 0. The van der Waals surface area contributed by atoms with Gasteiger partial charge in [0.25, 0.3) is 5.91 Å². The highest BCUT2D eigenvalue weighted by Crippen LogP contribution is 2.43. The topological polar surface area (TPSA) is 49.9 Å². The van der Waals surface area contributed by atoms with Crippen molar-refractivity contribution in [3.05, 3.63) is 29.8 Å². The highest BCUT2D eigenvalue weighted by Gasteiger charge is 2.49. The van der Waals surface area contributed by atoms with Crippen LogP contribution in [0.1, 0.15) is 69.7 Å². The van der Waals surface area contributed by atoms with Gasteiger partial charge in [-0.2, -0.15) is 0 Å². The average molecular weight is 373 g/mol. The van der Waals surface area contributed by atoms with Crippen molar-refractivity contribution in [1.29, 1.82) is 0 Å². The number of likely N-dealkylation sites (N-methyl/N-ethyl adjacent to an activating group) is 1. The minimum atomic E-state index is -0.0537. The summed E-state index contributed by atoms with van der Waals surface area (Å²) in [4.78, 5) is 29.7. The van der Waals surface area contributed by atoms with Gasteiger partial charge in [-0.25, -0.2) is 0 Å². The van der Waals surface area contributed by atoms with Crippen LogP contribution in [0.4, 0.5) is 0 Å². The van der Waals surface area contributed by atoms with Gasteiger partial charge in [-0.15, -0.1) is 0 Å². The first-order valence-electron chi connectivity index (χ1n) is 10.3. The van der Waals surface area contributed by atoms with E-state index < -0.39 is 0 Å². The van der Waals surface area contributed by atoms with Crippen molar-refractivity contribution < 1.29 is 14.3 Å². The molecule has 2 fully saturated rings. The Balaban J connectivity index is 1.85. The second kappa shape index (κ2) is 8.32. The standard InChI is InChI=1S/C22H32N2O3/c1-4-23(21(26)19-11-7-8-12-20(19)27-5-2)18-15-22(13-9-6-10-14-22)24(16-18)17(3)25/h7-8,11-12,18H,4-6,9-10,13-16H2,1-3H3. The van der Waals surface area contributed by atoms with Crippen molar-refractivity contribution in [3.63, 3.8) is 0 Å². The molecule has 1 saturated carbocycles. The highest BCUT2D eigenvalue weighted by atomic mass is 16.5. The summed E-state index contributed by atoms with van der Waals surface area (Å²) in [6.07, 6.45) is 6.60. The molecule has 1 aromatic rings. The molecule has 148 valence electrons. The monoisotopic (exact) mass is 372 g/mol. The van der Waals surface area contributed by atoms with Gasteiger partial charge in [0.15, 0.2) is 0 Å². The molecule has 0 bridgehead atoms. The average Bonchev–Trinajstić information content (AvgIpc) is 3.02.